The Bertz CT molecular complexity index is 503. The fourth-order valence-electron chi connectivity index (χ4n) is 1.34. The highest BCUT2D eigenvalue weighted by Gasteiger charge is 2.36. The van der Waals surface area contributed by atoms with Crippen LogP contribution in [0.1, 0.15) is 5.69 Å². The maximum absolute atomic E-state index is 12.6. The van der Waals surface area contributed by atoms with Crippen molar-refractivity contribution in [3.63, 3.8) is 0 Å². The number of alkyl halides is 3. The van der Waals surface area contributed by atoms with E-state index in [-0.39, 0.29) is 16.9 Å². The Kier molecular flexibility index (Phi) is 2.30. The molecule has 0 radical (unpaired) electrons. The van der Waals surface area contributed by atoms with E-state index < -0.39 is 11.9 Å². The Morgan fingerprint density at radius 3 is 2.62 bits per heavy atom. The van der Waals surface area contributed by atoms with Crippen LogP contribution in [0.2, 0.25) is 0 Å². The van der Waals surface area contributed by atoms with Gasteiger partial charge in [0.2, 0.25) is 0 Å². The lowest BCUT2D eigenvalue weighted by atomic mass is 10.1. The zero-order valence-corrected chi connectivity index (χ0v) is 7.92. The van der Waals surface area contributed by atoms with Gasteiger partial charge in [0.25, 0.3) is 0 Å². The number of rotatable bonds is 1. The minimum atomic E-state index is -4.52. The third kappa shape index (κ3) is 1.71. The topological polar surface area (TPSA) is 67.6 Å². The van der Waals surface area contributed by atoms with Gasteiger partial charge in [-0.1, -0.05) is 0 Å². The Morgan fingerprint density at radius 1 is 1.31 bits per heavy atom. The predicted molar refractivity (Wildman–Crippen MR) is 51.2 cm³/mol. The smallest absolute Gasteiger partial charge is 0.396 e. The lowest BCUT2D eigenvalue weighted by Gasteiger charge is -2.10. The van der Waals surface area contributed by atoms with Crippen LogP contribution in [0.4, 0.5) is 18.9 Å². The maximum Gasteiger partial charge on any atom is 0.434 e. The van der Waals surface area contributed by atoms with Gasteiger partial charge >= 0.3 is 6.18 Å². The van der Waals surface area contributed by atoms with E-state index in [1.165, 1.54) is 18.3 Å². The Morgan fingerprint density at radius 2 is 2.06 bits per heavy atom. The van der Waals surface area contributed by atoms with Crippen LogP contribution >= 0.6 is 0 Å². The van der Waals surface area contributed by atoms with Gasteiger partial charge in [0, 0.05) is 11.8 Å². The van der Waals surface area contributed by atoms with Crippen molar-refractivity contribution >= 4 is 5.69 Å². The van der Waals surface area contributed by atoms with Crippen molar-refractivity contribution in [3.8, 4) is 11.3 Å². The number of nitrogen functional groups attached to an aromatic ring is 1. The largest absolute Gasteiger partial charge is 0.434 e. The molecule has 2 heterocycles. The molecule has 0 aliphatic rings. The second-order valence-corrected chi connectivity index (χ2v) is 3.10. The van der Waals surface area contributed by atoms with Crippen LogP contribution in [-0.4, -0.2) is 15.2 Å². The lowest BCUT2D eigenvalue weighted by Crippen LogP contribution is -2.10. The van der Waals surface area contributed by atoms with E-state index in [1.54, 1.807) is 0 Å². The number of anilines is 1. The van der Waals surface area contributed by atoms with Crippen LogP contribution in [0.15, 0.2) is 24.5 Å². The molecule has 0 amide bonds. The maximum atomic E-state index is 12.6. The Balaban J connectivity index is 2.62. The molecule has 0 aliphatic heterocycles. The van der Waals surface area contributed by atoms with E-state index in [4.69, 9.17) is 5.73 Å². The second-order valence-electron chi connectivity index (χ2n) is 3.10. The van der Waals surface area contributed by atoms with E-state index in [9.17, 15) is 13.2 Å². The fraction of sp³-hybridized carbons (Fsp3) is 0.111. The summed E-state index contributed by atoms with van der Waals surface area (Å²) in [6.45, 7) is 0. The van der Waals surface area contributed by atoms with Crippen molar-refractivity contribution in [2.45, 2.75) is 6.18 Å². The Hall–Kier alpha value is -2.05. The van der Waals surface area contributed by atoms with Gasteiger partial charge in [0.1, 0.15) is 0 Å². The number of H-pyrrole nitrogens is 1. The normalized spacial score (nSPS) is 11.7. The molecule has 4 nitrogen and oxygen atoms in total. The number of nitrogens with one attached hydrogen (secondary N) is 1. The zero-order chi connectivity index (χ0) is 11.8. The average molecular weight is 228 g/mol. The molecule has 0 aromatic carbocycles. The van der Waals surface area contributed by atoms with E-state index >= 15 is 0 Å². The summed E-state index contributed by atoms with van der Waals surface area (Å²) in [5.74, 6) is 0. The number of aromatic amines is 1. The number of hydrogen-bond donors (Lipinski definition) is 2. The first-order valence-electron chi connectivity index (χ1n) is 4.31. The highest BCUT2D eigenvalue weighted by molar-refractivity contribution is 5.73. The van der Waals surface area contributed by atoms with Crippen molar-refractivity contribution in [2.75, 3.05) is 5.73 Å². The van der Waals surface area contributed by atoms with E-state index in [0.29, 0.717) is 0 Å². The SMILES string of the molecule is Nc1cn[nH]c1-c1cccnc1C(F)(F)F. The van der Waals surface area contributed by atoms with Crippen molar-refractivity contribution in [3.05, 3.63) is 30.2 Å². The summed E-state index contributed by atoms with van der Waals surface area (Å²) in [6, 6.07) is 2.70. The quantitative estimate of drug-likeness (QED) is 0.785. The first-order valence-corrected chi connectivity index (χ1v) is 4.31. The number of aromatic nitrogens is 3. The molecule has 0 aliphatic carbocycles. The minimum absolute atomic E-state index is 0.106. The molecule has 16 heavy (non-hydrogen) atoms. The van der Waals surface area contributed by atoms with Crippen molar-refractivity contribution < 1.29 is 13.2 Å². The van der Waals surface area contributed by atoms with Gasteiger partial charge in [-0.2, -0.15) is 18.3 Å². The number of hydrogen-bond acceptors (Lipinski definition) is 3. The van der Waals surface area contributed by atoms with Gasteiger partial charge in [-0.25, -0.2) is 0 Å². The molecule has 0 saturated heterocycles. The second kappa shape index (κ2) is 3.51. The highest BCUT2D eigenvalue weighted by atomic mass is 19.4. The highest BCUT2D eigenvalue weighted by Crippen LogP contribution is 2.36. The third-order valence-electron chi connectivity index (χ3n) is 2.01. The summed E-state index contributed by atoms with van der Waals surface area (Å²) < 4.78 is 37.9. The van der Waals surface area contributed by atoms with Crippen LogP contribution in [0.25, 0.3) is 11.3 Å². The number of nitrogens with two attached hydrogens (primary N) is 1. The molecule has 0 unspecified atom stereocenters. The molecule has 2 rings (SSSR count). The summed E-state index contributed by atoms with van der Waals surface area (Å²) in [4.78, 5) is 3.32. The monoisotopic (exact) mass is 228 g/mol. The summed E-state index contributed by atoms with van der Waals surface area (Å²) in [5.41, 5.74) is 4.69. The number of pyridine rings is 1. The van der Waals surface area contributed by atoms with Crippen LogP contribution in [0.3, 0.4) is 0 Å². The minimum Gasteiger partial charge on any atom is -0.396 e. The predicted octanol–water partition coefficient (Wildman–Crippen LogP) is 2.07. The van der Waals surface area contributed by atoms with E-state index in [0.717, 1.165) is 6.20 Å². The summed E-state index contributed by atoms with van der Waals surface area (Å²) in [5, 5.41) is 6.00. The standard InChI is InChI=1S/C9H7F3N4/c10-9(11,12)8-5(2-1-3-14-8)7-6(13)4-15-16-7/h1-4H,13H2,(H,15,16). The molecular weight excluding hydrogens is 221 g/mol. The zero-order valence-electron chi connectivity index (χ0n) is 7.92. The van der Waals surface area contributed by atoms with Crippen molar-refractivity contribution in [2.24, 2.45) is 0 Å². The third-order valence-corrected chi connectivity index (χ3v) is 2.01. The van der Waals surface area contributed by atoms with Gasteiger partial charge in [0.05, 0.1) is 17.6 Å². The van der Waals surface area contributed by atoms with Crippen LogP contribution in [0, 0.1) is 0 Å². The van der Waals surface area contributed by atoms with Gasteiger partial charge in [0.15, 0.2) is 5.69 Å². The van der Waals surface area contributed by atoms with Crippen molar-refractivity contribution in [1.82, 2.24) is 15.2 Å². The molecule has 2 aromatic rings. The van der Waals surface area contributed by atoms with E-state index in [2.05, 4.69) is 15.2 Å². The average Bonchev–Trinajstić information content (AvgIpc) is 2.63. The van der Waals surface area contributed by atoms with Gasteiger partial charge in [-0.3, -0.25) is 10.1 Å². The summed E-state index contributed by atoms with van der Waals surface area (Å²) in [6.07, 6.45) is -2.19. The molecule has 7 heteroatoms. The first-order chi connectivity index (χ1) is 7.50. The van der Waals surface area contributed by atoms with Crippen LogP contribution < -0.4 is 5.73 Å². The molecule has 0 fully saturated rings. The molecule has 0 bridgehead atoms. The fourth-order valence-corrected chi connectivity index (χ4v) is 1.34. The molecule has 0 atom stereocenters. The summed E-state index contributed by atoms with van der Waals surface area (Å²) in [7, 11) is 0. The van der Waals surface area contributed by atoms with Gasteiger partial charge in [-0.05, 0) is 12.1 Å². The van der Waals surface area contributed by atoms with Gasteiger partial charge in [-0.15, -0.1) is 0 Å². The summed E-state index contributed by atoms with van der Waals surface area (Å²) >= 11 is 0. The van der Waals surface area contributed by atoms with Crippen LogP contribution in [0.5, 0.6) is 0 Å². The Labute approximate surface area is 88.3 Å². The van der Waals surface area contributed by atoms with E-state index in [1.807, 2.05) is 0 Å². The van der Waals surface area contributed by atoms with Gasteiger partial charge < -0.3 is 5.73 Å². The molecule has 2 aromatic heterocycles. The van der Waals surface area contributed by atoms with Crippen molar-refractivity contribution in [1.29, 1.82) is 0 Å². The van der Waals surface area contributed by atoms with Crippen LogP contribution in [-0.2, 0) is 6.18 Å². The molecular formula is C9H7F3N4. The first kappa shape index (κ1) is 10.5. The molecule has 0 saturated carbocycles. The number of halogens is 3. The number of nitrogens with zero attached hydrogens (tertiary/aromatic N) is 2. The molecule has 0 spiro atoms. The lowest BCUT2D eigenvalue weighted by molar-refractivity contribution is -0.140. The molecule has 3 N–H and O–H groups in total. The molecule has 84 valence electrons.